The van der Waals surface area contributed by atoms with Gasteiger partial charge in [0.25, 0.3) is 0 Å². The molecule has 0 heterocycles. The Kier molecular flexibility index (Phi) is 5.65. The van der Waals surface area contributed by atoms with E-state index in [1.165, 1.54) is 0 Å². The molecular weight excluding hydrogens is 282 g/mol. The molecular formula is C13H18BrNO2. The highest BCUT2D eigenvalue weighted by Gasteiger charge is 2.20. The van der Waals surface area contributed by atoms with Crippen LogP contribution < -0.4 is 4.90 Å². The molecule has 0 aliphatic rings. The number of hydrogen-bond acceptors (Lipinski definition) is 2. The number of carbonyl (C=O) groups excluding carboxylic acids is 1. The van der Waals surface area contributed by atoms with Crippen LogP contribution in [0.4, 0.5) is 5.69 Å². The first-order valence-corrected chi connectivity index (χ1v) is 6.46. The van der Waals surface area contributed by atoms with E-state index >= 15 is 0 Å². The molecule has 0 N–H and O–H groups in total. The third-order valence-electron chi connectivity index (χ3n) is 2.52. The monoisotopic (exact) mass is 299 g/mol. The second-order valence-corrected chi connectivity index (χ2v) is 4.81. The van der Waals surface area contributed by atoms with Gasteiger partial charge in [-0.2, -0.15) is 0 Å². The highest BCUT2D eigenvalue weighted by Crippen LogP contribution is 2.21. The summed E-state index contributed by atoms with van der Waals surface area (Å²) in [6.45, 7) is 4.38. The van der Waals surface area contributed by atoms with E-state index in [1.807, 2.05) is 38.1 Å². The number of anilines is 1. The van der Waals surface area contributed by atoms with Gasteiger partial charge in [-0.15, -0.1) is 0 Å². The lowest BCUT2D eigenvalue weighted by Gasteiger charge is -2.28. The second kappa shape index (κ2) is 6.77. The summed E-state index contributed by atoms with van der Waals surface area (Å²) in [7, 11) is 1.65. The zero-order valence-corrected chi connectivity index (χ0v) is 12.0. The van der Waals surface area contributed by atoms with E-state index in [0.29, 0.717) is 13.0 Å². The Morgan fingerprint density at radius 1 is 1.41 bits per heavy atom. The molecule has 0 spiro atoms. The Morgan fingerprint density at radius 3 is 2.47 bits per heavy atom. The van der Waals surface area contributed by atoms with Crippen LogP contribution in [0.1, 0.15) is 20.3 Å². The first kappa shape index (κ1) is 14.2. The molecule has 4 heteroatoms. The zero-order valence-electron chi connectivity index (χ0n) is 10.4. The third kappa shape index (κ3) is 3.82. The third-order valence-corrected chi connectivity index (χ3v) is 3.05. The standard InChI is InChI=1S/C13H18BrNO2/c1-4-13(16)15(10(2)9-17-3)12-7-5-11(14)6-8-12/h5-8,10H,4,9H2,1-3H3. The highest BCUT2D eigenvalue weighted by atomic mass is 79.9. The second-order valence-electron chi connectivity index (χ2n) is 3.90. The van der Waals surface area contributed by atoms with Crippen LogP contribution in [0, 0.1) is 0 Å². The Bertz CT molecular complexity index is 364. The number of halogens is 1. The summed E-state index contributed by atoms with van der Waals surface area (Å²) < 4.78 is 6.13. The van der Waals surface area contributed by atoms with Crippen molar-refractivity contribution in [1.29, 1.82) is 0 Å². The first-order valence-electron chi connectivity index (χ1n) is 5.66. The minimum Gasteiger partial charge on any atom is -0.383 e. The first-order chi connectivity index (χ1) is 8.10. The van der Waals surface area contributed by atoms with Gasteiger partial charge in [-0.05, 0) is 31.2 Å². The van der Waals surface area contributed by atoms with Gasteiger partial charge in [0, 0.05) is 23.7 Å². The maximum Gasteiger partial charge on any atom is 0.227 e. The van der Waals surface area contributed by atoms with E-state index in [4.69, 9.17) is 4.74 Å². The van der Waals surface area contributed by atoms with Gasteiger partial charge < -0.3 is 9.64 Å². The van der Waals surface area contributed by atoms with Crippen LogP contribution in [0.2, 0.25) is 0 Å². The average molecular weight is 300 g/mol. The fraction of sp³-hybridized carbons (Fsp3) is 0.462. The predicted molar refractivity (Wildman–Crippen MR) is 73.3 cm³/mol. The summed E-state index contributed by atoms with van der Waals surface area (Å²) >= 11 is 3.39. The minimum atomic E-state index is 0.0358. The number of hydrogen-bond donors (Lipinski definition) is 0. The molecule has 0 aliphatic heterocycles. The summed E-state index contributed by atoms with van der Waals surface area (Å²) in [5.41, 5.74) is 0.907. The lowest BCUT2D eigenvalue weighted by Crippen LogP contribution is -2.40. The summed E-state index contributed by atoms with van der Waals surface area (Å²) in [5.74, 6) is 0.108. The summed E-state index contributed by atoms with van der Waals surface area (Å²) in [5, 5.41) is 0. The quantitative estimate of drug-likeness (QED) is 0.835. The number of rotatable bonds is 5. The van der Waals surface area contributed by atoms with Gasteiger partial charge in [-0.25, -0.2) is 0 Å². The van der Waals surface area contributed by atoms with Gasteiger partial charge in [0.2, 0.25) is 5.91 Å². The number of ether oxygens (including phenoxy) is 1. The molecule has 1 aromatic rings. The van der Waals surface area contributed by atoms with E-state index in [0.717, 1.165) is 10.2 Å². The topological polar surface area (TPSA) is 29.5 Å². The van der Waals surface area contributed by atoms with Gasteiger partial charge in [0.05, 0.1) is 12.6 Å². The molecule has 0 radical (unpaired) electrons. The van der Waals surface area contributed by atoms with Gasteiger partial charge >= 0.3 is 0 Å². The molecule has 0 saturated heterocycles. The molecule has 0 fully saturated rings. The molecule has 17 heavy (non-hydrogen) atoms. The molecule has 1 aromatic carbocycles. The van der Waals surface area contributed by atoms with Crippen molar-refractivity contribution in [3.05, 3.63) is 28.7 Å². The number of methoxy groups -OCH3 is 1. The summed E-state index contributed by atoms with van der Waals surface area (Å²) in [4.78, 5) is 13.8. The molecule has 1 amide bonds. The van der Waals surface area contributed by atoms with Gasteiger partial charge in [0.1, 0.15) is 0 Å². The highest BCUT2D eigenvalue weighted by molar-refractivity contribution is 9.10. The lowest BCUT2D eigenvalue weighted by atomic mass is 10.2. The zero-order chi connectivity index (χ0) is 12.8. The van der Waals surface area contributed by atoms with Crippen LogP contribution in [0.3, 0.4) is 0 Å². The van der Waals surface area contributed by atoms with Gasteiger partial charge in [0.15, 0.2) is 0 Å². The molecule has 1 unspecified atom stereocenters. The van der Waals surface area contributed by atoms with Crippen molar-refractivity contribution in [1.82, 2.24) is 0 Å². The normalized spacial score (nSPS) is 12.2. The van der Waals surface area contributed by atoms with E-state index in [9.17, 15) is 4.79 Å². The molecule has 1 atom stereocenters. The number of benzene rings is 1. The maximum absolute atomic E-state index is 12.0. The molecule has 0 bridgehead atoms. The van der Waals surface area contributed by atoms with Crippen molar-refractivity contribution in [3.63, 3.8) is 0 Å². The van der Waals surface area contributed by atoms with Crippen molar-refractivity contribution in [2.45, 2.75) is 26.3 Å². The lowest BCUT2D eigenvalue weighted by molar-refractivity contribution is -0.118. The van der Waals surface area contributed by atoms with Crippen LogP contribution in [-0.4, -0.2) is 25.7 Å². The van der Waals surface area contributed by atoms with Crippen molar-refractivity contribution >= 4 is 27.5 Å². The van der Waals surface area contributed by atoms with E-state index in [-0.39, 0.29) is 11.9 Å². The fourth-order valence-corrected chi connectivity index (χ4v) is 2.00. The molecule has 3 nitrogen and oxygen atoms in total. The van der Waals surface area contributed by atoms with Crippen LogP contribution in [0.15, 0.2) is 28.7 Å². The van der Waals surface area contributed by atoms with Crippen molar-refractivity contribution in [3.8, 4) is 0 Å². The summed E-state index contributed by atoms with van der Waals surface area (Å²) in [6.07, 6.45) is 0.490. The smallest absolute Gasteiger partial charge is 0.227 e. The predicted octanol–water partition coefficient (Wildman–Crippen LogP) is 3.23. The van der Waals surface area contributed by atoms with Crippen molar-refractivity contribution in [2.75, 3.05) is 18.6 Å². The minimum absolute atomic E-state index is 0.0358. The van der Waals surface area contributed by atoms with Crippen LogP contribution in [0.25, 0.3) is 0 Å². The van der Waals surface area contributed by atoms with Gasteiger partial charge in [-0.3, -0.25) is 4.79 Å². The number of carbonyl (C=O) groups is 1. The Morgan fingerprint density at radius 2 is 2.00 bits per heavy atom. The average Bonchev–Trinajstić information content (AvgIpc) is 2.32. The Labute approximate surface area is 111 Å². The molecule has 94 valence electrons. The van der Waals surface area contributed by atoms with Crippen molar-refractivity contribution in [2.24, 2.45) is 0 Å². The van der Waals surface area contributed by atoms with E-state index < -0.39 is 0 Å². The van der Waals surface area contributed by atoms with E-state index in [2.05, 4.69) is 15.9 Å². The largest absolute Gasteiger partial charge is 0.383 e. The molecule has 0 aliphatic carbocycles. The fourth-order valence-electron chi connectivity index (χ4n) is 1.73. The molecule has 1 rings (SSSR count). The number of amides is 1. The Balaban J connectivity index is 2.97. The van der Waals surface area contributed by atoms with Crippen LogP contribution in [-0.2, 0) is 9.53 Å². The summed E-state index contributed by atoms with van der Waals surface area (Å²) in [6, 6.07) is 7.78. The van der Waals surface area contributed by atoms with Crippen LogP contribution in [0.5, 0.6) is 0 Å². The van der Waals surface area contributed by atoms with Crippen LogP contribution >= 0.6 is 15.9 Å². The Hall–Kier alpha value is -0.870. The van der Waals surface area contributed by atoms with Crippen molar-refractivity contribution < 1.29 is 9.53 Å². The molecule has 0 saturated carbocycles. The SMILES string of the molecule is CCC(=O)N(c1ccc(Br)cc1)C(C)COC. The van der Waals surface area contributed by atoms with E-state index in [1.54, 1.807) is 12.0 Å². The molecule has 0 aromatic heterocycles. The number of nitrogens with zero attached hydrogens (tertiary/aromatic N) is 1. The maximum atomic E-state index is 12.0. The van der Waals surface area contributed by atoms with Gasteiger partial charge in [-0.1, -0.05) is 22.9 Å².